The molecule has 2 heterocycles. The van der Waals surface area contributed by atoms with Crippen LogP contribution in [-0.2, 0) is 12.0 Å². The predicted octanol–water partition coefficient (Wildman–Crippen LogP) is 2.98. The largest absolute Gasteiger partial charge is 0.383 e. The summed E-state index contributed by atoms with van der Waals surface area (Å²) in [6.07, 6.45) is 1.80. The first-order valence-electron chi connectivity index (χ1n) is 7.08. The quantitative estimate of drug-likeness (QED) is 0.906. The Morgan fingerprint density at radius 1 is 1.19 bits per heavy atom. The van der Waals surface area contributed by atoms with E-state index in [1.165, 1.54) is 0 Å². The Bertz CT molecular complexity index is 644. The lowest BCUT2D eigenvalue weighted by atomic mass is 9.95. The highest BCUT2D eigenvalue weighted by Gasteiger charge is 2.20. The van der Waals surface area contributed by atoms with Gasteiger partial charge < -0.3 is 11.1 Å². The minimum absolute atomic E-state index is 0.140. The summed E-state index contributed by atoms with van der Waals surface area (Å²) in [5.41, 5.74) is 8.90. The third kappa shape index (κ3) is 3.48. The molecule has 112 valence electrons. The standard InChI is InChI=1S/C16H23N5/c1-10-7-6-8-18-12(10)9-19-14-11(2)13(17)20-15(21-14)16(3,4)5/h6-8H,9H2,1-5H3,(H3,17,19,20,21). The highest BCUT2D eigenvalue weighted by atomic mass is 15.1. The molecule has 0 saturated heterocycles. The summed E-state index contributed by atoms with van der Waals surface area (Å²) in [5.74, 6) is 2.04. The van der Waals surface area contributed by atoms with Gasteiger partial charge in [-0.2, -0.15) is 0 Å². The summed E-state index contributed by atoms with van der Waals surface area (Å²) < 4.78 is 0. The normalized spacial score (nSPS) is 11.5. The van der Waals surface area contributed by atoms with E-state index in [2.05, 4.69) is 41.0 Å². The lowest BCUT2D eigenvalue weighted by molar-refractivity contribution is 0.546. The Kier molecular flexibility index (Phi) is 4.11. The van der Waals surface area contributed by atoms with Crippen molar-refractivity contribution in [1.82, 2.24) is 15.0 Å². The minimum atomic E-state index is -0.140. The second kappa shape index (κ2) is 5.68. The fourth-order valence-electron chi connectivity index (χ4n) is 1.91. The van der Waals surface area contributed by atoms with Crippen LogP contribution in [0.15, 0.2) is 18.3 Å². The maximum Gasteiger partial charge on any atom is 0.138 e. The highest BCUT2D eigenvalue weighted by Crippen LogP contribution is 2.25. The van der Waals surface area contributed by atoms with E-state index in [1.807, 2.05) is 26.0 Å². The number of nitrogens with two attached hydrogens (primary N) is 1. The van der Waals surface area contributed by atoms with Crippen LogP contribution >= 0.6 is 0 Å². The lowest BCUT2D eigenvalue weighted by Crippen LogP contribution is -2.19. The van der Waals surface area contributed by atoms with Gasteiger partial charge >= 0.3 is 0 Å². The SMILES string of the molecule is Cc1cccnc1CNc1nc(C(C)(C)C)nc(N)c1C. The Morgan fingerprint density at radius 2 is 1.90 bits per heavy atom. The molecule has 0 aliphatic heterocycles. The van der Waals surface area contributed by atoms with E-state index < -0.39 is 0 Å². The zero-order valence-electron chi connectivity index (χ0n) is 13.4. The zero-order chi connectivity index (χ0) is 15.6. The van der Waals surface area contributed by atoms with E-state index in [-0.39, 0.29) is 5.41 Å². The number of aryl methyl sites for hydroxylation is 1. The van der Waals surface area contributed by atoms with E-state index in [4.69, 9.17) is 5.73 Å². The molecule has 5 heteroatoms. The van der Waals surface area contributed by atoms with Crippen molar-refractivity contribution < 1.29 is 0 Å². The van der Waals surface area contributed by atoms with Crippen molar-refractivity contribution >= 4 is 11.6 Å². The molecule has 0 unspecified atom stereocenters. The van der Waals surface area contributed by atoms with Crippen LogP contribution < -0.4 is 11.1 Å². The number of nitrogens with one attached hydrogen (secondary N) is 1. The first kappa shape index (κ1) is 15.2. The van der Waals surface area contributed by atoms with Crippen LogP contribution in [0.4, 0.5) is 11.6 Å². The van der Waals surface area contributed by atoms with Crippen LogP contribution in [0.2, 0.25) is 0 Å². The van der Waals surface area contributed by atoms with Crippen molar-refractivity contribution in [2.45, 2.75) is 46.6 Å². The first-order valence-corrected chi connectivity index (χ1v) is 7.08. The maximum absolute atomic E-state index is 6.01. The fraction of sp³-hybridized carbons (Fsp3) is 0.438. The molecule has 0 radical (unpaired) electrons. The molecule has 2 aromatic rings. The van der Waals surface area contributed by atoms with Crippen molar-refractivity contribution in [3.8, 4) is 0 Å². The molecule has 0 atom stereocenters. The van der Waals surface area contributed by atoms with Crippen molar-refractivity contribution in [1.29, 1.82) is 0 Å². The molecule has 2 aromatic heterocycles. The number of nitrogens with zero attached hydrogens (tertiary/aromatic N) is 3. The predicted molar refractivity (Wildman–Crippen MR) is 86.2 cm³/mol. The number of rotatable bonds is 3. The van der Waals surface area contributed by atoms with E-state index in [9.17, 15) is 0 Å². The number of hydrogen-bond donors (Lipinski definition) is 2. The van der Waals surface area contributed by atoms with Gasteiger partial charge in [-0.15, -0.1) is 0 Å². The molecule has 0 spiro atoms. The van der Waals surface area contributed by atoms with Gasteiger partial charge in [0.25, 0.3) is 0 Å². The summed E-state index contributed by atoms with van der Waals surface area (Å²) in [7, 11) is 0. The molecule has 3 N–H and O–H groups in total. The number of anilines is 2. The molecule has 0 fully saturated rings. The number of pyridine rings is 1. The maximum atomic E-state index is 6.01. The molecule has 0 aromatic carbocycles. The van der Waals surface area contributed by atoms with Crippen molar-refractivity contribution in [3.63, 3.8) is 0 Å². The van der Waals surface area contributed by atoms with Gasteiger partial charge in [0.1, 0.15) is 17.5 Å². The Labute approximate surface area is 126 Å². The Hall–Kier alpha value is -2.17. The van der Waals surface area contributed by atoms with Crippen LogP contribution in [0.25, 0.3) is 0 Å². The average molecular weight is 285 g/mol. The summed E-state index contributed by atoms with van der Waals surface area (Å²) in [6, 6.07) is 3.98. The van der Waals surface area contributed by atoms with Gasteiger partial charge in [-0.3, -0.25) is 4.98 Å². The lowest BCUT2D eigenvalue weighted by Gasteiger charge is -2.20. The van der Waals surface area contributed by atoms with E-state index in [0.29, 0.717) is 12.4 Å². The molecule has 0 amide bonds. The average Bonchev–Trinajstić information content (AvgIpc) is 2.40. The summed E-state index contributed by atoms with van der Waals surface area (Å²) in [5, 5.41) is 3.33. The molecular formula is C16H23N5. The minimum Gasteiger partial charge on any atom is -0.383 e. The van der Waals surface area contributed by atoms with Gasteiger partial charge in [-0.05, 0) is 25.5 Å². The fourth-order valence-corrected chi connectivity index (χ4v) is 1.91. The first-order chi connectivity index (χ1) is 9.79. The highest BCUT2D eigenvalue weighted by molar-refractivity contribution is 5.55. The second-order valence-corrected chi connectivity index (χ2v) is 6.28. The van der Waals surface area contributed by atoms with Gasteiger partial charge in [0.15, 0.2) is 0 Å². The zero-order valence-corrected chi connectivity index (χ0v) is 13.4. The second-order valence-electron chi connectivity index (χ2n) is 6.28. The smallest absolute Gasteiger partial charge is 0.138 e. The molecule has 0 saturated carbocycles. The van der Waals surface area contributed by atoms with Crippen LogP contribution in [0.1, 0.15) is 43.4 Å². The Morgan fingerprint density at radius 3 is 2.52 bits per heavy atom. The van der Waals surface area contributed by atoms with Gasteiger partial charge in [0, 0.05) is 17.2 Å². The molecule has 0 bridgehead atoms. The molecule has 0 aliphatic carbocycles. The number of aromatic nitrogens is 3. The van der Waals surface area contributed by atoms with Gasteiger partial charge in [-0.1, -0.05) is 26.8 Å². The van der Waals surface area contributed by atoms with Crippen molar-refractivity contribution in [2.24, 2.45) is 0 Å². The van der Waals surface area contributed by atoms with E-state index >= 15 is 0 Å². The summed E-state index contributed by atoms with van der Waals surface area (Å²) in [6.45, 7) is 10.8. The third-order valence-electron chi connectivity index (χ3n) is 3.40. The van der Waals surface area contributed by atoms with Crippen LogP contribution in [0.3, 0.4) is 0 Å². The number of hydrogen-bond acceptors (Lipinski definition) is 5. The monoisotopic (exact) mass is 285 g/mol. The van der Waals surface area contributed by atoms with Gasteiger partial charge in [0.2, 0.25) is 0 Å². The van der Waals surface area contributed by atoms with Crippen molar-refractivity contribution in [2.75, 3.05) is 11.1 Å². The molecule has 5 nitrogen and oxygen atoms in total. The van der Waals surface area contributed by atoms with Gasteiger partial charge in [-0.25, -0.2) is 9.97 Å². The topological polar surface area (TPSA) is 76.7 Å². The molecule has 0 aliphatic rings. The van der Waals surface area contributed by atoms with E-state index in [1.54, 1.807) is 6.20 Å². The Balaban J connectivity index is 2.28. The molecule has 2 rings (SSSR count). The van der Waals surface area contributed by atoms with Crippen molar-refractivity contribution in [3.05, 3.63) is 41.0 Å². The van der Waals surface area contributed by atoms with Crippen LogP contribution in [0.5, 0.6) is 0 Å². The third-order valence-corrected chi connectivity index (χ3v) is 3.40. The summed E-state index contributed by atoms with van der Waals surface area (Å²) in [4.78, 5) is 13.4. The van der Waals surface area contributed by atoms with Gasteiger partial charge in [0.05, 0.1) is 12.2 Å². The van der Waals surface area contributed by atoms with Crippen LogP contribution in [-0.4, -0.2) is 15.0 Å². The summed E-state index contributed by atoms with van der Waals surface area (Å²) >= 11 is 0. The van der Waals surface area contributed by atoms with Crippen LogP contribution in [0, 0.1) is 13.8 Å². The molecular weight excluding hydrogens is 262 g/mol. The van der Waals surface area contributed by atoms with E-state index in [0.717, 1.165) is 28.5 Å². The number of nitrogen functional groups attached to an aromatic ring is 1. The molecule has 21 heavy (non-hydrogen) atoms.